The van der Waals surface area contributed by atoms with Gasteiger partial charge in [0.05, 0.1) is 6.20 Å². The van der Waals surface area contributed by atoms with Crippen LogP contribution in [0, 0.1) is 5.82 Å². The number of piperidine rings is 2. The van der Waals surface area contributed by atoms with Gasteiger partial charge in [0.15, 0.2) is 11.5 Å². The number of primary amides is 1. The summed E-state index contributed by atoms with van der Waals surface area (Å²) in [5, 5.41) is 6.26. The van der Waals surface area contributed by atoms with Crippen LogP contribution in [-0.2, 0) is 0 Å². The normalized spacial score (nSPS) is 18.5. The van der Waals surface area contributed by atoms with Crippen LogP contribution in [0.1, 0.15) is 58.0 Å². The van der Waals surface area contributed by atoms with Crippen LogP contribution in [0.5, 0.6) is 0 Å². The molecule has 0 radical (unpaired) electrons. The summed E-state index contributed by atoms with van der Waals surface area (Å²) < 4.78 is 13.2. The molecule has 39 heavy (non-hydrogen) atoms. The first kappa shape index (κ1) is 26.6. The molecule has 5 rings (SSSR count). The Morgan fingerprint density at radius 2 is 1.72 bits per heavy atom. The van der Waals surface area contributed by atoms with Crippen LogP contribution >= 0.6 is 0 Å². The fraction of sp³-hybridized carbons (Fsp3) is 0.379. The van der Waals surface area contributed by atoms with Gasteiger partial charge in [0.1, 0.15) is 11.6 Å². The van der Waals surface area contributed by atoms with Crippen molar-refractivity contribution in [3.05, 3.63) is 77.4 Å². The predicted molar refractivity (Wildman–Crippen MR) is 149 cm³/mol. The number of amides is 2. The molecule has 3 aromatic rings. The highest BCUT2D eigenvalue weighted by Crippen LogP contribution is 2.29. The lowest BCUT2D eigenvalue weighted by atomic mass is 9.89. The molecule has 0 aliphatic carbocycles. The first-order valence-electron chi connectivity index (χ1n) is 13.4. The number of aromatic nitrogens is 2. The van der Waals surface area contributed by atoms with Crippen LogP contribution < -0.4 is 21.3 Å². The molecule has 2 aliphatic heterocycles. The number of benzene rings is 2. The van der Waals surface area contributed by atoms with E-state index in [-0.39, 0.29) is 23.5 Å². The number of nitrogens with zero attached hydrogens (tertiary/aromatic N) is 4. The molecule has 0 saturated carbocycles. The zero-order chi connectivity index (χ0) is 27.4. The van der Waals surface area contributed by atoms with E-state index in [1.807, 2.05) is 17.0 Å². The smallest absolute Gasteiger partial charge is 0.271 e. The SMILES string of the molecule is CN1CCC(c2ccc(Nc3nc(N4CCCC(NC(=O)c5ccc(F)cc5)C4)cnc3C(N)=O)cc2)CC1. The maximum Gasteiger partial charge on any atom is 0.271 e. The van der Waals surface area contributed by atoms with E-state index in [1.54, 1.807) is 6.20 Å². The van der Waals surface area contributed by atoms with Crippen molar-refractivity contribution < 1.29 is 14.0 Å². The van der Waals surface area contributed by atoms with Crippen LogP contribution in [0.2, 0.25) is 0 Å². The highest BCUT2D eigenvalue weighted by Gasteiger charge is 2.25. The largest absolute Gasteiger partial charge is 0.364 e. The van der Waals surface area contributed by atoms with Gasteiger partial charge in [0, 0.05) is 30.4 Å². The van der Waals surface area contributed by atoms with Gasteiger partial charge in [-0.05, 0) is 93.7 Å². The summed E-state index contributed by atoms with van der Waals surface area (Å²) in [6, 6.07) is 13.6. The summed E-state index contributed by atoms with van der Waals surface area (Å²) in [6.07, 6.45) is 5.48. The fourth-order valence-corrected chi connectivity index (χ4v) is 5.29. The topological polar surface area (TPSA) is 116 Å². The molecule has 204 valence electrons. The first-order valence-corrected chi connectivity index (χ1v) is 13.4. The molecule has 0 spiro atoms. The minimum absolute atomic E-state index is 0.0660. The second-order valence-corrected chi connectivity index (χ2v) is 10.4. The summed E-state index contributed by atoms with van der Waals surface area (Å²) in [6.45, 7) is 3.46. The van der Waals surface area contributed by atoms with Crippen LogP contribution in [0.3, 0.4) is 0 Å². The number of halogens is 1. The molecule has 2 fully saturated rings. The van der Waals surface area contributed by atoms with Gasteiger partial charge < -0.3 is 26.2 Å². The van der Waals surface area contributed by atoms with Crippen molar-refractivity contribution in [3.63, 3.8) is 0 Å². The van der Waals surface area contributed by atoms with Crippen molar-refractivity contribution in [3.8, 4) is 0 Å². The van der Waals surface area contributed by atoms with Crippen molar-refractivity contribution in [2.75, 3.05) is 43.4 Å². The molecule has 2 aromatic carbocycles. The van der Waals surface area contributed by atoms with E-state index in [1.165, 1.54) is 29.8 Å². The second-order valence-electron chi connectivity index (χ2n) is 10.4. The van der Waals surface area contributed by atoms with Crippen LogP contribution in [0.15, 0.2) is 54.7 Å². The number of hydrogen-bond donors (Lipinski definition) is 3. The molecule has 9 nitrogen and oxygen atoms in total. The summed E-state index contributed by atoms with van der Waals surface area (Å²) in [5.41, 5.74) is 8.18. The lowest BCUT2D eigenvalue weighted by Gasteiger charge is -2.34. The van der Waals surface area contributed by atoms with E-state index in [0.717, 1.165) is 51.0 Å². The summed E-state index contributed by atoms with van der Waals surface area (Å²) in [5.74, 6) is 0.141. The molecule has 4 N–H and O–H groups in total. The number of nitrogens with two attached hydrogens (primary N) is 1. The minimum Gasteiger partial charge on any atom is -0.364 e. The maximum absolute atomic E-state index is 13.2. The van der Waals surface area contributed by atoms with Crippen molar-refractivity contribution in [1.82, 2.24) is 20.2 Å². The standard InChI is InChI=1S/C29H34FN7O2/c1-36-15-12-20(13-16-36)19-6-10-23(11-7-19)33-28-26(27(31)38)32-17-25(35-28)37-14-2-3-24(18-37)34-29(39)21-4-8-22(30)9-5-21/h4-11,17,20,24H,2-3,12-16,18H2,1H3,(H2,31,38)(H,33,35)(H,34,39). The molecule has 1 atom stereocenters. The van der Waals surface area contributed by atoms with Gasteiger partial charge in [-0.3, -0.25) is 9.59 Å². The average Bonchev–Trinajstić information content (AvgIpc) is 2.94. The van der Waals surface area contributed by atoms with Crippen LogP contribution in [0.4, 0.5) is 21.7 Å². The van der Waals surface area contributed by atoms with Gasteiger partial charge in [0.25, 0.3) is 11.8 Å². The Labute approximate surface area is 227 Å². The number of carbonyl (C=O) groups is 2. The number of nitrogens with one attached hydrogen (secondary N) is 2. The summed E-state index contributed by atoms with van der Waals surface area (Å²) in [7, 11) is 2.16. The fourth-order valence-electron chi connectivity index (χ4n) is 5.29. The van der Waals surface area contributed by atoms with Crippen LogP contribution in [-0.4, -0.2) is 66.0 Å². The Hall–Kier alpha value is -4.05. The van der Waals surface area contributed by atoms with E-state index in [0.29, 0.717) is 29.7 Å². The van der Waals surface area contributed by atoms with Gasteiger partial charge in [-0.1, -0.05) is 12.1 Å². The molecule has 2 saturated heterocycles. The van der Waals surface area contributed by atoms with Gasteiger partial charge >= 0.3 is 0 Å². The Kier molecular flexibility index (Phi) is 8.02. The highest BCUT2D eigenvalue weighted by molar-refractivity contribution is 5.96. The third-order valence-electron chi connectivity index (χ3n) is 7.54. The molecule has 2 amide bonds. The van der Waals surface area contributed by atoms with Gasteiger partial charge in [-0.25, -0.2) is 14.4 Å². The lowest BCUT2D eigenvalue weighted by Crippen LogP contribution is -2.48. The highest BCUT2D eigenvalue weighted by atomic mass is 19.1. The van der Waals surface area contributed by atoms with E-state index >= 15 is 0 Å². The van der Waals surface area contributed by atoms with Gasteiger partial charge in [0.2, 0.25) is 0 Å². The molecule has 1 unspecified atom stereocenters. The number of rotatable bonds is 7. The summed E-state index contributed by atoms with van der Waals surface area (Å²) in [4.78, 5) is 38.2. The van der Waals surface area contributed by atoms with Gasteiger partial charge in [-0.2, -0.15) is 0 Å². The van der Waals surface area contributed by atoms with Crippen molar-refractivity contribution in [1.29, 1.82) is 0 Å². The number of likely N-dealkylation sites (tertiary alicyclic amines) is 1. The Morgan fingerprint density at radius 1 is 1.00 bits per heavy atom. The third kappa shape index (κ3) is 6.51. The quantitative estimate of drug-likeness (QED) is 0.426. The molecular formula is C29H34FN7O2. The summed E-state index contributed by atoms with van der Waals surface area (Å²) >= 11 is 0. The predicted octanol–water partition coefficient (Wildman–Crippen LogP) is 3.67. The third-order valence-corrected chi connectivity index (χ3v) is 7.54. The molecular weight excluding hydrogens is 497 g/mol. The van der Waals surface area contributed by atoms with Crippen LogP contribution in [0.25, 0.3) is 0 Å². The Morgan fingerprint density at radius 3 is 2.41 bits per heavy atom. The zero-order valence-electron chi connectivity index (χ0n) is 22.1. The lowest BCUT2D eigenvalue weighted by molar-refractivity contribution is 0.0931. The maximum atomic E-state index is 13.2. The average molecular weight is 532 g/mol. The monoisotopic (exact) mass is 531 g/mol. The van der Waals surface area contributed by atoms with Crippen molar-refractivity contribution >= 4 is 29.1 Å². The zero-order valence-corrected chi connectivity index (χ0v) is 22.1. The van der Waals surface area contributed by atoms with Gasteiger partial charge in [-0.15, -0.1) is 0 Å². The van der Waals surface area contributed by atoms with E-state index in [9.17, 15) is 14.0 Å². The molecule has 2 aliphatic rings. The second kappa shape index (κ2) is 11.8. The minimum atomic E-state index is -0.664. The van der Waals surface area contributed by atoms with Crippen molar-refractivity contribution in [2.24, 2.45) is 5.73 Å². The molecule has 10 heteroatoms. The van der Waals surface area contributed by atoms with E-state index in [2.05, 4.69) is 39.7 Å². The number of hydrogen-bond acceptors (Lipinski definition) is 7. The molecule has 3 heterocycles. The molecule has 1 aromatic heterocycles. The van der Waals surface area contributed by atoms with Crippen molar-refractivity contribution in [2.45, 2.75) is 37.6 Å². The Balaban J connectivity index is 1.28. The number of carbonyl (C=O) groups excluding carboxylic acids is 2. The van der Waals surface area contributed by atoms with E-state index < -0.39 is 5.91 Å². The Bertz CT molecular complexity index is 1310. The van der Waals surface area contributed by atoms with E-state index in [4.69, 9.17) is 10.7 Å². The number of anilines is 3. The first-order chi connectivity index (χ1) is 18.9. The molecule has 0 bridgehead atoms.